The first kappa shape index (κ1) is 14.1. The van der Waals surface area contributed by atoms with Crippen molar-refractivity contribution in [2.75, 3.05) is 24.5 Å². The molecule has 21 heavy (non-hydrogen) atoms. The molecule has 2 N–H and O–H groups in total. The third kappa shape index (κ3) is 3.42. The SMILES string of the molecule is O=C(NC1CCN(c2ccc(F)cc2)CC1)[C@H]1C=CCN1. The Bertz CT molecular complexity index is 521. The van der Waals surface area contributed by atoms with Crippen LogP contribution >= 0.6 is 0 Å². The summed E-state index contributed by atoms with van der Waals surface area (Å²) in [6, 6.07) is 6.64. The van der Waals surface area contributed by atoms with E-state index in [1.165, 1.54) is 12.1 Å². The fourth-order valence-corrected chi connectivity index (χ4v) is 2.87. The van der Waals surface area contributed by atoms with Crippen LogP contribution in [0.15, 0.2) is 36.4 Å². The van der Waals surface area contributed by atoms with Crippen LogP contribution in [0.4, 0.5) is 10.1 Å². The fraction of sp³-hybridized carbons (Fsp3) is 0.438. The second-order valence-corrected chi connectivity index (χ2v) is 5.56. The maximum atomic E-state index is 12.9. The first-order chi connectivity index (χ1) is 10.2. The van der Waals surface area contributed by atoms with E-state index in [1.807, 2.05) is 24.3 Å². The second-order valence-electron chi connectivity index (χ2n) is 5.56. The van der Waals surface area contributed by atoms with Crippen molar-refractivity contribution < 1.29 is 9.18 Å². The zero-order chi connectivity index (χ0) is 14.7. The summed E-state index contributed by atoms with van der Waals surface area (Å²) >= 11 is 0. The Hall–Kier alpha value is -1.88. The highest BCUT2D eigenvalue weighted by atomic mass is 19.1. The van der Waals surface area contributed by atoms with E-state index in [1.54, 1.807) is 0 Å². The van der Waals surface area contributed by atoms with E-state index < -0.39 is 0 Å². The summed E-state index contributed by atoms with van der Waals surface area (Å²) in [6.45, 7) is 2.52. The predicted molar refractivity (Wildman–Crippen MR) is 80.7 cm³/mol. The molecule has 112 valence electrons. The molecule has 2 aliphatic heterocycles. The number of anilines is 1. The molecule has 1 aromatic carbocycles. The molecule has 0 saturated carbocycles. The molecule has 5 heteroatoms. The number of hydrogen-bond donors (Lipinski definition) is 2. The van der Waals surface area contributed by atoms with Gasteiger partial charge in [0.25, 0.3) is 0 Å². The Morgan fingerprint density at radius 2 is 1.95 bits per heavy atom. The summed E-state index contributed by atoms with van der Waals surface area (Å²) in [5.74, 6) is -0.151. The van der Waals surface area contributed by atoms with Crippen molar-refractivity contribution in [2.24, 2.45) is 0 Å². The summed E-state index contributed by atoms with van der Waals surface area (Å²) in [7, 11) is 0. The van der Waals surface area contributed by atoms with Crippen LogP contribution in [-0.2, 0) is 4.79 Å². The average molecular weight is 289 g/mol. The molecule has 0 aliphatic carbocycles. The maximum absolute atomic E-state index is 12.9. The van der Waals surface area contributed by atoms with Crippen molar-refractivity contribution in [1.29, 1.82) is 0 Å². The topological polar surface area (TPSA) is 44.4 Å². The molecule has 1 amide bonds. The van der Waals surface area contributed by atoms with Gasteiger partial charge >= 0.3 is 0 Å². The van der Waals surface area contributed by atoms with Gasteiger partial charge in [0.1, 0.15) is 11.9 Å². The van der Waals surface area contributed by atoms with Crippen LogP contribution in [0.25, 0.3) is 0 Å². The molecular formula is C16H20FN3O. The van der Waals surface area contributed by atoms with Gasteiger partial charge in [-0.1, -0.05) is 12.2 Å². The molecule has 2 heterocycles. The lowest BCUT2D eigenvalue weighted by molar-refractivity contribution is -0.122. The lowest BCUT2D eigenvalue weighted by Crippen LogP contribution is -2.49. The van der Waals surface area contributed by atoms with E-state index in [2.05, 4.69) is 15.5 Å². The molecule has 1 fully saturated rings. The van der Waals surface area contributed by atoms with Gasteiger partial charge in [0.2, 0.25) is 5.91 Å². The van der Waals surface area contributed by atoms with Crippen LogP contribution in [0.2, 0.25) is 0 Å². The molecule has 3 rings (SSSR count). The highest BCUT2D eigenvalue weighted by Gasteiger charge is 2.24. The molecule has 1 saturated heterocycles. The molecule has 0 aromatic heterocycles. The Labute approximate surface area is 124 Å². The molecule has 4 nitrogen and oxygen atoms in total. The van der Waals surface area contributed by atoms with Crippen molar-refractivity contribution in [3.63, 3.8) is 0 Å². The zero-order valence-corrected chi connectivity index (χ0v) is 11.9. The largest absolute Gasteiger partial charge is 0.371 e. The van der Waals surface area contributed by atoms with Crippen LogP contribution in [-0.4, -0.2) is 37.6 Å². The Kier molecular flexibility index (Phi) is 4.20. The summed E-state index contributed by atoms with van der Waals surface area (Å²) in [4.78, 5) is 14.3. The van der Waals surface area contributed by atoms with E-state index in [-0.39, 0.29) is 23.8 Å². The first-order valence-electron chi connectivity index (χ1n) is 7.43. The number of halogens is 1. The number of amides is 1. The van der Waals surface area contributed by atoms with Gasteiger partial charge in [-0.3, -0.25) is 10.1 Å². The van der Waals surface area contributed by atoms with Crippen molar-refractivity contribution in [2.45, 2.75) is 24.9 Å². The fourth-order valence-electron chi connectivity index (χ4n) is 2.87. The third-order valence-electron chi connectivity index (χ3n) is 4.10. The third-order valence-corrected chi connectivity index (χ3v) is 4.10. The normalized spacial score (nSPS) is 22.5. The van der Waals surface area contributed by atoms with Gasteiger partial charge in [0.05, 0.1) is 0 Å². The quantitative estimate of drug-likeness (QED) is 0.828. The second kappa shape index (κ2) is 6.26. The number of nitrogens with zero attached hydrogens (tertiary/aromatic N) is 1. The summed E-state index contributed by atoms with van der Waals surface area (Å²) < 4.78 is 12.9. The molecule has 0 bridgehead atoms. The van der Waals surface area contributed by atoms with E-state index >= 15 is 0 Å². The number of benzene rings is 1. The number of piperidine rings is 1. The van der Waals surface area contributed by atoms with Gasteiger partial charge in [-0.25, -0.2) is 4.39 Å². The number of carbonyl (C=O) groups excluding carboxylic acids is 1. The van der Waals surface area contributed by atoms with Crippen molar-refractivity contribution >= 4 is 11.6 Å². The minimum atomic E-state index is -0.210. The lowest BCUT2D eigenvalue weighted by atomic mass is 10.0. The summed E-state index contributed by atoms with van der Waals surface area (Å²) in [5.41, 5.74) is 1.04. The van der Waals surface area contributed by atoms with E-state index in [4.69, 9.17) is 0 Å². The molecular weight excluding hydrogens is 269 g/mol. The molecule has 0 spiro atoms. The molecule has 2 aliphatic rings. The van der Waals surface area contributed by atoms with Crippen LogP contribution < -0.4 is 15.5 Å². The Morgan fingerprint density at radius 1 is 1.24 bits per heavy atom. The number of rotatable bonds is 3. The Morgan fingerprint density at radius 3 is 2.57 bits per heavy atom. The average Bonchev–Trinajstić information content (AvgIpc) is 3.03. The van der Waals surface area contributed by atoms with Gasteiger partial charge < -0.3 is 10.2 Å². The van der Waals surface area contributed by atoms with Gasteiger partial charge in [0, 0.05) is 31.4 Å². The van der Waals surface area contributed by atoms with Gasteiger partial charge in [-0.2, -0.15) is 0 Å². The number of nitrogens with one attached hydrogen (secondary N) is 2. The van der Waals surface area contributed by atoms with Gasteiger partial charge in [-0.15, -0.1) is 0 Å². The van der Waals surface area contributed by atoms with Crippen LogP contribution in [0.3, 0.4) is 0 Å². The van der Waals surface area contributed by atoms with Gasteiger partial charge in [0.15, 0.2) is 0 Å². The van der Waals surface area contributed by atoms with E-state index in [0.29, 0.717) is 0 Å². The highest BCUT2D eigenvalue weighted by Crippen LogP contribution is 2.20. The molecule has 1 atom stereocenters. The predicted octanol–water partition coefficient (Wildman–Crippen LogP) is 1.44. The smallest absolute Gasteiger partial charge is 0.241 e. The summed E-state index contributed by atoms with van der Waals surface area (Å²) in [5, 5.41) is 6.22. The zero-order valence-electron chi connectivity index (χ0n) is 11.9. The summed E-state index contributed by atoms with van der Waals surface area (Å²) in [6.07, 6.45) is 5.71. The minimum Gasteiger partial charge on any atom is -0.371 e. The monoisotopic (exact) mass is 289 g/mol. The Balaban J connectivity index is 1.49. The number of hydrogen-bond acceptors (Lipinski definition) is 3. The van der Waals surface area contributed by atoms with E-state index in [0.717, 1.165) is 38.2 Å². The lowest BCUT2D eigenvalue weighted by Gasteiger charge is -2.34. The van der Waals surface area contributed by atoms with E-state index in [9.17, 15) is 9.18 Å². The van der Waals surface area contributed by atoms with Crippen molar-refractivity contribution in [3.05, 3.63) is 42.2 Å². The molecule has 0 unspecified atom stereocenters. The van der Waals surface area contributed by atoms with Crippen LogP contribution in [0, 0.1) is 5.82 Å². The molecule has 1 aromatic rings. The van der Waals surface area contributed by atoms with Crippen molar-refractivity contribution in [1.82, 2.24) is 10.6 Å². The van der Waals surface area contributed by atoms with Crippen LogP contribution in [0.5, 0.6) is 0 Å². The highest BCUT2D eigenvalue weighted by molar-refractivity contribution is 5.84. The first-order valence-corrected chi connectivity index (χ1v) is 7.43. The minimum absolute atomic E-state index is 0.0592. The maximum Gasteiger partial charge on any atom is 0.241 e. The standard InChI is InChI=1S/C16H20FN3O/c17-12-3-5-14(6-4-12)20-10-7-13(8-11-20)19-16(21)15-2-1-9-18-15/h1-6,13,15,18H,7-11H2,(H,19,21)/t15-/m1/s1. The van der Waals surface area contributed by atoms with Crippen LogP contribution in [0.1, 0.15) is 12.8 Å². The van der Waals surface area contributed by atoms with Gasteiger partial charge in [-0.05, 0) is 37.1 Å². The number of carbonyl (C=O) groups is 1. The van der Waals surface area contributed by atoms with Crippen molar-refractivity contribution in [3.8, 4) is 0 Å². The molecule has 0 radical (unpaired) electrons.